The summed E-state index contributed by atoms with van der Waals surface area (Å²) in [6, 6.07) is 26.6. The lowest BCUT2D eigenvalue weighted by atomic mass is 9.96. The minimum atomic E-state index is -0.0686. The minimum absolute atomic E-state index is 0.0686. The number of carbonyl (C=O) groups excluding carboxylic acids is 1. The van der Waals surface area contributed by atoms with Gasteiger partial charge in [-0.15, -0.1) is 0 Å². The van der Waals surface area contributed by atoms with Gasteiger partial charge in [0.05, 0.1) is 10.6 Å². The predicted octanol–water partition coefficient (Wildman–Crippen LogP) is 6.71. The van der Waals surface area contributed by atoms with E-state index in [0.29, 0.717) is 9.23 Å². The average Bonchev–Trinajstić information content (AvgIpc) is 3.01. The van der Waals surface area contributed by atoms with Gasteiger partial charge in [0.25, 0.3) is 5.91 Å². The number of hydrogen-bond acceptors (Lipinski definition) is 3. The fourth-order valence-corrected chi connectivity index (χ4v) is 5.00. The number of thiocarbonyl (C=S) groups is 1. The van der Waals surface area contributed by atoms with E-state index in [1.807, 2.05) is 61.5 Å². The number of nitrogens with zero attached hydrogens (tertiary/aromatic N) is 1. The molecule has 5 rings (SSSR count). The summed E-state index contributed by atoms with van der Waals surface area (Å²) in [6.45, 7) is 2.03. The van der Waals surface area contributed by atoms with E-state index >= 15 is 0 Å². The highest BCUT2D eigenvalue weighted by molar-refractivity contribution is 8.27. The Morgan fingerprint density at radius 2 is 1.45 bits per heavy atom. The molecule has 0 atom stereocenters. The first-order valence-electron chi connectivity index (χ1n) is 9.37. The van der Waals surface area contributed by atoms with Crippen LogP contribution >= 0.6 is 24.0 Å². The molecule has 0 N–H and O–H groups in total. The molecule has 0 aliphatic carbocycles. The van der Waals surface area contributed by atoms with Gasteiger partial charge in [0.15, 0.2) is 4.32 Å². The lowest BCUT2D eigenvalue weighted by molar-refractivity contribution is -0.113. The van der Waals surface area contributed by atoms with Crippen molar-refractivity contribution in [2.45, 2.75) is 6.92 Å². The Morgan fingerprint density at radius 1 is 0.862 bits per heavy atom. The molecule has 1 amide bonds. The normalized spacial score (nSPS) is 15.8. The van der Waals surface area contributed by atoms with Gasteiger partial charge in [0.2, 0.25) is 0 Å². The Balaban J connectivity index is 1.67. The highest BCUT2D eigenvalue weighted by Gasteiger charge is 2.33. The summed E-state index contributed by atoms with van der Waals surface area (Å²) < 4.78 is 0.564. The molecule has 0 spiro atoms. The van der Waals surface area contributed by atoms with Crippen molar-refractivity contribution in [1.82, 2.24) is 0 Å². The monoisotopic (exact) mass is 411 g/mol. The molecule has 1 aliphatic rings. The number of rotatable bonds is 2. The van der Waals surface area contributed by atoms with Crippen molar-refractivity contribution in [3.63, 3.8) is 0 Å². The first-order valence-corrected chi connectivity index (χ1v) is 10.6. The van der Waals surface area contributed by atoms with E-state index in [4.69, 9.17) is 12.2 Å². The van der Waals surface area contributed by atoms with Crippen LogP contribution in [0.1, 0.15) is 11.1 Å². The van der Waals surface area contributed by atoms with E-state index < -0.39 is 0 Å². The number of carbonyl (C=O) groups is 1. The van der Waals surface area contributed by atoms with Gasteiger partial charge in [-0.2, -0.15) is 0 Å². The largest absolute Gasteiger partial charge is 0.270 e. The van der Waals surface area contributed by atoms with E-state index in [1.165, 1.54) is 11.8 Å². The molecule has 4 aromatic rings. The van der Waals surface area contributed by atoms with Crippen molar-refractivity contribution in [2.75, 3.05) is 4.90 Å². The molecule has 0 aromatic heterocycles. The summed E-state index contributed by atoms with van der Waals surface area (Å²) in [6.07, 6.45) is 2.00. The topological polar surface area (TPSA) is 20.3 Å². The molecule has 0 unspecified atom stereocenters. The molecule has 0 radical (unpaired) electrons. The van der Waals surface area contributed by atoms with E-state index in [1.54, 1.807) is 4.90 Å². The van der Waals surface area contributed by atoms with Crippen LogP contribution in [0, 0.1) is 6.92 Å². The zero-order valence-electron chi connectivity index (χ0n) is 15.8. The first kappa shape index (κ1) is 18.1. The Hall–Kier alpha value is -2.95. The highest BCUT2D eigenvalue weighted by atomic mass is 32.2. The molecule has 4 heteroatoms. The van der Waals surface area contributed by atoms with Crippen molar-refractivity contribution >= 4 is 67.5 Å². The van der Waals surface area contributed by atoms with Crippen molar-refractivity contribution in [3.8, 4) is 0 Å². The first-order chi connectivity index (χ1) is 14.1. The van der Waals surface area contributed by atoms with Crippen molar-refractivity contribution in [2.24, 2.45) is 0 Å². The van der Waals surface area contributed by atoms with Crippen LogP contribution in [0.25, 0.3) is 27.6 Å². The fourth-order valence-electron chi connectivity index (χ4n) is 3.72. The van der Waals surface area contributed by atoms with Crippen LogP contribution in [-0.2, 0) is 4.79 Å². The maximum atomic E-state index is 13.2. The number of aryl methyl sites for hydroxylation is 1. The molecular formula is C25H17NOS2. The molecule has 1 heterocycles. The molecule has 29 heavy (non-hydrogen) atoms. The third kappa shape index (κ3) is 3.15. The highest BCUT2D eigenvalue weighted by Crippen LogP contribution is 2.38. The van der Waals surface area contributed by atoms with E-state index in [2.05, 4.69) is 30.3 Å². The van der Waals surface area contributed by atoms with Gasteiger partial charge in [-0.05, 0) is 58.3 Å². The number of hydrogen-bond donors (Lipinski definition) is 0. The summed E-state index contributed by atoms with van der Waals surface area (Å²) in [5.74, 6) is -0.0686. The summed E-state index contributed by atoms with van der Waals surface area (Å²) in [5, 5.41) is 4.58. The van der Waals surface area contributed by atoms with Crippen LogP contribution < -0.4 is 4.90 Å². The molecule has 1 fully saturated rings. The van der Waals surface area contributed by atoms with Crippen LogP contribution in [0.4, 0.5) is 5.69 Å². The smallest absolute Gasteiger partial charge is 0.268 e. The number of fused-ring (bicyclic) bond motifs is 2. The van der Waals surface area contributed by atoms with Gasteiger partial charge in [0, 0.05) is 0 Å². The maximum Gasteiger partial charge on any atom is 0.270 e. The third-order valence-corrected chi connectivity index (χ3v) is 6.48. The number of benzene rings is 4. The van der Waals surface area contributed by atoms with Gasteiger partial charge in [0.1, 0.15) is 0 Å². The van der Waals surface area contributed by atoms with Crippen LogP contribution in [0.5, 0.6) is 0 Å². The quantitative estimate of drug-likeness (QED) is 0.208. The summed E-state index contributed by atoms with van der Waals surface area (Å²) in [7, 11) is 0. The molecule has 2 nitrogen and oxygen atoms in total. The minimum Gasteiger partial charge on any atom is -0.268 e. The maximum absolute atomic E-state index is 13.2. The van der Waals surface area contributed by atoms with E-state index in [-0.39, 0.29) is 5.91 Å². The summed E-state index contributed by atoms with van der Waals surface area (Å²) in [5.41, 5.74) is 3.02. The molecule has 0 bridgehead atoms. The Bertz CT molecular complexity index is 1270. The van der Waals surface area contributed by atoms with Gasteiger partial charge in [-0.3, -0.25) is 9.69 Å². The second-order valence-corrected chi connectivity index (χ2v) is 8.76. The molecule has 140 valence electrons. The molecule has 4 aromatic carbocycles. The molecule has 1 aliphatic heterocycles. The second kappa shape index (κ2) is 7.14. The standard InChI is InChI=1S/C25H17NOS2/c1-16-10-12-19(13-11-16)26-24(27)23(29-25(26)28)15-22-20-8-4-2-6-17(20)14-18-7-3-5-9-21(18)22/h2-15H,1H3/b23-15+. The predicted molar refractivity (Wildman–Crippen MR) is 128 cm³/mol. The van der Waals surface area contributed by atoms with Crippen LogP contribution in [0.3, 0.4) is 0 Å². The zero-order chi connectivity index (χ0) is 20.0. The van der Waals surface area contributed by atoms with Gasteiger partial charge in [-0.25, -0.2) is 0 Å². The van der Waals surface area contributed by atoms with E-state index in [9.17, 15) is 4.79 Å². The average molecular weight is 412 g/mol. The lowest BCUT2D eigenvalue weighted by Crippen LogP contribution is -2.27. The van der Waals surface area contributed by atoms with E-state index in [0.717, 1.165) is 38.4 Å². The van der Waals surface area contributed by atoms with Gasteiger partial charge in [-0.1, -0.05) is 90.2 Å². The third-order valence-electron chi connectivity index (χ3n) is 5.17. The van der Waals surface area contributed by atoms with Gasteiger partial charge >= 0.3 is 0 Å². The second-order valence-electron chi connectivity index (χ2n) is 7.09. The van der Waals surface area contributed by atoms with Gasteiger partial charge < -0.3 is 0 Å². The number of amides is 1. The molecular weight excluding hydrogens is 394 g/mol. The molecule has 0 saturated carbocycles. The van der Waals surface area contributed by atoms with Crippen LogP contribution in [0.2, 0.25) is 0 Å². The van der Waals surface area contributed by atoms with Crippen molar-refractivity contribution < 1.29 is 4.79 Å². The Labute approximate surface area is 178 Å². The number of anilines is 1. The SMILES string of the molecule is Cc1ccc(N2C(=O)/C(=C\c3c4ccccc4cc4ccccc34)SC2=S)cc1. The summed E-state index contributed by atoms with van der Waals surface area (Å²) in [4.78, 5) is 15.5. The Morgan fingerprint density at radius 3 is 2.07 bits per heavy atom. The van der Waals surface area contributed by atoms with Crippen molar-refractivity contribution in [3.05, 3.63) is 94.9 Å². The lowest BCUT2D eigenvalue weighted by Gasteiger charge is -2.14. The van der Waals surface area contributed by atoms with Crippen LogP contribution in [-0.4, -0.2) is 10.2 Å². The Kier molecular flexibility index (Phi) is 4.46. The van der Waals surface area contributed by atoms with Crippen molar-refractivity contribution in [1.29, 1.82) is 0 Å². The molecule has 1 saturated heterocycles. The van der Waals surface area contributed by atoms with Crippen LogP contribution in [0.15, 0.2) is 83.8 Å². The fraction of sp³-hybridized carbons (Fsp3) is 0.0400. The summed E-state index contributed by atoms with van der Waals surface area (Å²) >= 11 is 6.91. The number of thioether (sulfide) groups is 1. The zero-order valence-corrected chi connectivity index (χ0v) is 17.4.